The highest BCUT2D eigenvalue weighted by Gasteiger charge is 2.25. The standard InChI is InChI=1S/C9H15N3O3S/c10-6-8-11-9(15-12-8)5-7-1-3-16(13,14)4-2-7/h7H,1-6,10H2. The van der Waals surface area contributed by atoms with Gasteiger partial charge in [-0.25, -0.2) is 8.42 Å². The second-order valence-corrected chi connectivity index (χ2v) is 6.41. The Hall–Kier alpha value is -0.950. The van der Waals surface area contributed by atoms with Crippen molar-refractivity contribution in [3.63, 3.8) is 0 Å². The van der Waals surface area contributed by atoms with E-state index in [4.69, 9.17) is 10.3 Å². The minimum Gasteiger partial charge on any atom is -0.339 e. The molecule has 0 spiro atoms. The molecule has 6 nitrogen and oxygen atoms in total. The van der Waals surface area contributed by atoms with E-state index in [0.717, 1.165) is 0 Å². The molecule has 1 saturated heterocycles. The molecule has 2 rings (SSSR count). The first-order valence-electron chi connectivity index (χ1n) is 5.31. The third kappa shape index (κ3) is 2.79. The van der Waals surface area contributed by atoms with Crippen LogP contribution in [0, 0.1) is 5.92 Å². The molecule has 16 heavy (non-hydrogen) atoms. The fraction of sp³-hybridized carbons (Fsp3) is 0.778. The molecular weight excluding hydrogens is 230 g/mol. The summed E-state index contributed by atoms with van der Waals surface area (Å²) < 4.78 is 27.5. The van der Waals surface area contributed by atoms with Gasteiger partial charge in [0.05, 0.1) is 18.1 Å². The van der Waals surface area contributed by atoms with Crippen molar-refractivity contribution in [1.29, 1.82) is 0 Å². The molecule has 0 bridgehead atoms. The maximum Gasteiger partial charge on any atom is 0.226 e. The molecule has 1 aliphatic rings. The molecule has 0 atom stereocenters. The number of aromatic nitrogens is 2. The number of nitrogens with two attached hydrogens (primary N) is 1. The highest BCUT2D eigenvalue weighted by atomic mass is 32.2. The van der Waals surface area contributed by atoms with Crippen molar-refractivity contribution in [2.45, 2.75) is 25.8 Å². The summed E-state index contributed by atoms with van der Waals surface area (Å²) in [5, 5.41) is 3.70. The summed E-state index contributed by atoms with van der Waals surface area (Å²) >= 11 is 0. The third-order valence-corrected chi connectivity index (χ3v) is 4.55. The number of hydrogen-bond acceptors (Lipinski definition) is 6. The molecule has 0 unspecified atom stereocenters. The minimum atomic E-state index is -2.79. The van der Waals surface area contributed by atoms with Crippen LogP contribution in [0.2, 0.25) is 0 Å². The first-order valence-corrected chi connectivity index (χ1v) is 7.13. The van der Waals surface area contributed by atoms with Gasteiger partial charge in [0.2, 0.25) is 5.89 Å². The Labute approximate surface area is 94.1 Å². The van der Waals surface area contributed by atoms with Gasteiger partial charge in [0.15, 0.2) is 5.82 Å². The van der Waals surface area contributed by atoms with Crippen molar-refractivity contribution in [2.75, 3.05) is 11.5 Å². The summed E-state index contributed by atoms with van der Waals surface area (Å²) in [5.74, 6) is 1.93. The highest BCUT2D eigenvalue weighted by Crippen LogP contribution is 2.22. The van der Waals surface area contributed by atoms with Gasteiger partial charge < -0.3 is 10.3 Å². The Kier molecular flexibility index (Phi) is 3.25. The maximum absolute atomic E-state index is 11.2. The normalized spacial score (nSPS) is 21.1. The zero-order valence-corrected chi connectivity index (χ0v) is 9.74. The van der Waals surface area contributed by atoms with E-state index in [1.165, 1.54) is 0 Å². The van der Waals surface area contributed by atoms with Crippen LogP contribution in [0.5, 0.6) is 0 Å². The quantitative estimate of drug-likeness (QED) is 0.798. The van der Waals surface area contributed by atoms with Crippen molar-refractivity contribution in [3.05, 3.63) is 11.7 Å². The van der Waals surface area contributed by atoms with Gasteiger partial charge in [-0.05, 0) is 18.8 Å². The Balaban J connectivity index is 1.91. The summed E-state index contributed by atoms with van der Waals surface area (Å²) in [6.07, 6.45) is 2.02. The number of sulfone groups is 1. The lowest BCUT2D eigenvalue weighted by molar-refractivity contribution is 0.339. The summed E-state index contributed by atoms with van der Waals surface area (Å²) in [7, 11) is -2.79. The molecule has 7 heteroatoms. The lowest BCUT2D eigenvalue weighted by atomic mass is 9.99. The predicted molar refractivity (Wildman–Crippen MR) is 57.3 cm³/mol. The SMILES string of the molecule is NCc1noc(CC2CCS(=O)(=O)CC2)n1. The molecule has 1 aliphatic heterocycles. The monoisotopic (exact) mass is 245 g/mol. The predicted octanol–water partition coefficient (Wildman–Crippen LogP) is -0.104. The van der Waals surface area contributed by atoms with Crippen molar-refractivity contribution in [1.82, 2.24) is 10.1 Å². The summed E-state index contributed by atoms with van der Waals surface area (Å²) in [6, 6.07) is 0. The van der Waals surface area contributed by atoms with Crippen molar-refractivity contribution in [2.24, 2.45) is 11.7 Å². The minimum absolute atomic E-state index is 0.266. The van der Waals surface area contributed by atoms with Crippen molar-refractivity contribution >= 4 is 9.84 Å². The number of rotatable bonds is 3. The Bertz CT molecular complexity index is 440. The van der Waals surface area contributed by atoms with E-state index in [9.17, 15) is 8.42 Å². The Morgan fingerprint density at radius 3 is 2.62 bits per heavy atom. The van der Waals surface area contributed by atoms with Gasteiger partial charge >= 0.3 is 0 Å². The lowest BCUT2D eigenvalue weighted by Gasteiger charge is -2.19. The average Bonchev–Trinajstić information content (AvgIpc) is 2.69. The van der Waals surface area contributed by atoms with Crippen LogP contribution in [0.3, 0.4) is 0 Å². The molecule has 90 valence electrons. The van der Waals surface area contributed by atoms with Crippen LogP contribution in [-0.2, 0) is 22.8 Å². The van der Waals surface area contributed by atoms with Gasteiger partial charge in [0.1, 0.15) is 9.84 Å². The van der Waals surface area contributed by atoms with E-state index in [1.54, 1.807) is 0 Å². The zero-order chi connectivity index (χ0) is 11.6. The lowest BCUT2D eigenvalue weighted by Crippen LogP contribution is -2.24. The molecule has 1 aromatic rings. The fourth-order valence-electron chi connectivity index (χ4n) is 1.85. The van der Waals surface area contributed by atoms with Gasteiger partial charge in [0, 0.05) is 6.42 Å². The van der Waals surface area contributed by atoms with Crippen LogP contribution in [0.1, 0.15) is 24.6 Å². The molecule has 0 aliphatic carbocycles. The first-order chi connectivity index (χ1) is 7.59. The number of nitrogens with zero attached hydrogens (tertiary/aromatic N) is 2. The van der Waals surface area contributed by atoms with Gasteiger partial charge in [0.25, 0.3) is 0 Å². The number of hydrogen-bond donors (Lipinski definition) is 1. The van der Waals surface area contributed by atoms with Crippen molar-refractivity contribution in [3.8, 4) is 0 Å². The van der Waals surface area contributed by atoms with E-state index in [1.807, 2.05) is 0 Å². The zero-order valence-electron chi connectivity index (χ0n) is 8.92. The van der Waals surface area contributed by atoms with Crippen LogP contribution in [-0.4, -0.2) is 30.1 Å². The molecule has 1 fully saturated rings. The van der Waals surface area contributed by atoms with Crippen molar-refractivity contribution < 1.29 is 12.9 Å². The summed E-state index contributed by atoms with van der Waals surface area (Å²) in [6.45, 7) is 0.266. The molecule has 2 heterocycles. The molecule has 0 saturated carbocycles. The topological polar surface area (TPSA) is 99.1 Å². The smallest absolute Gasteiger partial charge is 0.226 e. The van der Waals surface area contributed by atoms with Gasteiger partial charge in [-0.2, -0.15) is 4.98 Å². The molecule has 1 aromatic heterocycles. The largest absolute Gasteiger partial charge is 0.339 e. The van der Waals surface area contributed by atoms with Crippen LogP contribution in [0.15, 0.2) is 4.52 Å². The van der Waals surface area contributed by atoms with Gasteiger partial charge in [-0.15, -0.1) is 0 Å². The molecule has 2 N–H and O–H groups in total. The van der Waals surface area contributed by atoms with Crippen LogP contribution < -0.4 is 5.73 Å². The second kappa shape index (κ2) is 4.50. The van der Waals surface area contributed by atoms with Gasteiger partial charge in [-0.3, -0.25) is 0 Å². The van der Waals surface area contributed by atoms with Crippen LogP contribution >= 0.6 is 0 Å². The highest BCUT2D eigenvalue weighted by molar-refractivity contribution is 7.91. The van der Waals surface area contributed by atoms with E-state index in [0.29, 0.717) is 36.9 Å². The third-order valence-electron chi connectivity index (χ3n) is 2.83. The molecule has 0 radical (unpaired) electrons. The Morgan fingerprint density at radius 2 is 2.06 bits per heavy atom. The van der Waals surface area contributed by atoms with Crippen LogP contribution in [0.4, 0.5) is 0 Å². The molecule has 0 amide bonds. The molecule has 0 aromatic carbocycles. The fourth-order valence-corrected chi connectivity index (χ4v) is 3.43. The maximum atomic E-state index is 11.2. The van der Waals surface area contributed by atoms with Crippen LogP contribution in [0.25, 0.3) is 0 Å². The summed E-state index contributed by atoms with van der Waals surface area (Å²) in [5.41, 5.74) is 5.37. The summed E-state index contributed by atoms with van der Waals surface area (Å²) in [4.78, 5) is 4.11. The first kappa shape index (κ1) is 11.5. The average molecular weight is 245 g/mol. The van der Waals surface area contributed by atoms with Gasteiger partial charge in [-0.1, -0.05) is 5.16 Å². The molecular formula is C9H15N3O3S. The van der Waals surface area contributed by atoms with E-state index in [-0.39, 0.29) is 18.1 Å². The second-order valence-electron chi connectivity index (χ2n) is 4.11. The van der Waals surface area contributed by atoms with E-state index >= 15 is 0 Å². The van der Waals surface area contributed by atoms with E-state index in [2.05, 4.69) is 10.1 Å². The Morgan fingerprint density at radius 1 is 1.38 bits per heavy atom. The van der Waals surface area contributed by atoms with E-state index < -0.39 is 9.84 Å².